The highest BCUT2D eigenvalue weighted by molar-refractivity contribution is 7.92. The van der Waals surface area contributed by atoms with Gasteiger partial charge in [0.25, 0.3) is 10.0 Å². The van der Waals surface area contributed by atoms with Crippen molar-refractivity contribution in [3.05, 3.63) is 59.9 Å². The van der Waals surface area contributed by atoms with E-state index in [0.717, 1.165) is 20.8 Å². The van der Waals surface area contributed by atoms with E-state index in [0.29, 0.717) is 17.9 Å². The molecule has 0 aliphatic heterocycles. The third kappa shape index (κ3) is 3.41. The van der Waals surface area contributed by atoms with Gasteiger partial charge in [-0.1, -0.05) is 6.07 Å². The molecule has 0 saturated carbocycles. The Balaban J connectivity index is 1.59. The summed E-state index contributed by atoms with van der Waals surface area (Å²) in [5, 5.41) is 5.03. The molecule has 0 atom stereocenters. The number of aromatic nitrogens is 3. The molecule has 1 N–H and O–H groups in total. The summed E-state index contributed by atoms with van der Waals surface area (Å²) in [5.41, 5.74) is 4.26. The summed E-state index contributed by atoms with van der Waals surface area (Å²) in [6.07, 6.45) is 1.39. The minimum atomic E-state index is -3.68. The van der Waals surface area contributed by atoms with Crippen LogP contribution in [-0.2, 0) is 16.6 Å². The summed E-state index contributed by atoms with van der Waals surface area (Å²) in [6.45, 7) is 6.36. The van der Waals surface area contributed by atoms with Crippen molar-refractivity contribution < 1.29 is 8.42 Å². The molecule has 8 heteroatoms. The van der Waals surface area contributed by atoms with Crippen LogP contribution in [0.1, 0.15) is 18.2 Å². The van der Waals surface area contributed by atoms with Crippen LogP contribution in [0.3, 0.4) is 0 Å². The van der Waals surface area contributed by atoms with E-state index in [1.165, 1.54) is 11.8 Å². The Kier molecular flexibility index (Phi) is 4.68. The zero-order valence-electron chi connectivity index (χ0n) is 15.8. The summed E-state index contributed by atoms with van der Waals surface area (Å²) in [4.78, 5) is 4.86. The molecule has 0 aliphatic carbocycles. The van der Waals surface area contributed by atoms with Crippen LogP contribution in [-0.4, -0.2) is 23.2 Å². The first-order chi connectivity index (χ1) is 13.4. The highest BCUT2D eigenvalue weighted by Gasteiger charge is 2.20. The number of hydrogen-bond acceptors (Lipinski definition) is 5. The van der Waals surface area contributed by atoms with E-state index < -0.39 is 10.0 Å². The first-order valence-electron chi connectivity index (χ1n) is 8.90. The fraction of sp³-hybridized carbons (Fsp3) is 0.200. The third-order valence-electron chi connectivity index (χ3n) is 4.58. The molecular weight excluding hydrogens is 392 g/mol. The highest BCUT2D eigenvalue weighted by Crippen LogP contribution is 2.31. The van der Waals surface area contributed by atoms with E-state index in [1.807, 2.05) is 31.2 Å². The molecule has 28 heavy (non-hydrogen) atoms. The van der Waals surface area contributed by atoms with Gasteiger partial charge >= 0.3 is 0 Å². The molecule has 2 aromatic carbocycles. The van der Waals surface area contributed by atoms with Crippen molar-refractivity contribution in [3.8, 4) is 10.6 Å². The van der Waals surface area contributed by atoms with Crippen molar-refractivity contribution in [2.24, 2.45) is 0 Å². The van der Waals surface area contributed by atoms with Crippen molar-refractivity contribution >= 4 is 37.3 Å². The zero-order chi connectivity index (χ0) is 19.9. The van der Waals surface area contributed by atoms with Gasteiger partial charge in [0.05, 0.1) is 22.1 Å². The molecule has 4 aromatic rings. The van der Waals surface area contributed by atoms with Crippen LogP contribution in [0.15, 0.2) is 53.6 Å². The average Bonchev–Trinajstić information content (AvgIpc) is 3.25. The van der Waals surface area contributed by atoms with Gasteiger partial charge in [0.1, 0.15) is 9.90 Å². The van der Waals surface area contributed by atoms with Gasteiger partial charge in [-0.3, -0.25) is 9.40 Å². The summed E-state index contributed by atoms with van der Waals surface area (Å²) < 4.78 is 30.8. The smallest absolute Gasteiger partial charge is 0.265 e. The number of nitrogens with one attached hydrogen (secondary N) is 1. The van der Waals surface area contributed by atoms with E-state index in [2.05, 4.69) is 27.8 Å². The Bertz CT molecular complexity index is 1260. The van der Waals surface area contributed by atoms with Crippen LogP contribution >= 0.6 is 11.3 Å². The number of sulfonamides is 1. The van der Waals surface area contributed by atoms with Crippen LogP contribution in [0.5, 0.6) is 0 Å². The highest BCUT2D eigenvalue weighted by atomic mass is 32.2. The molecule has 2 aromatic heterocycles. The number of rotatable bonds is 5. The van der Waals surface area contributed by atoms with E-state index in [9.17, 15) is 8.42 Å². The van der Waals surface area contributed by atoms with Crippen molar-refractivity contribution in [1.82, 2.24) is 14.8 Å². The number of aryl methyl sites for hydroxylation is 2. The predicted molar refractivity (Wildman–Crippen MR) is 113 cm³/mol. The third-order valence-corrected chi connectivity index (χ3v) is 7.13. The van der Waals surface area contributed by atoms with Crippen molar-refractivity contribution in [3.63, 3.8) is 0 Å². The van der Waals surface area contributed by atoms with E-state index in [1.54, 1.807) is 35.1 Å². The molecule has 0 radical (unpaired) electrons. The van der Waals surface area contributed by atoms with Gasteiger partial charge in [-0.25, -0.2) is 13.4 Å². The Morgan fingerprint density at radius 3 is 2.54 bits per heavy atom. The van der Waals surface area contributed by atoms with E-state index >= 15 is 0 Å². The molecular formula is C20H20N4O2S2. The number of benzene rings is 2. The SMILES string of the molecule is CCn1ncc(S(=O)(=O)Nc2ccc(-c3nc4ccc(C)cc4s3)cc2)c1C. The predicted octanol–water partition coefficient (Wildman–Crippen LogP) is 4.60. The molecule has 0 unspecified atom stereocenters. The molecule has 6 nitrogen and oxygen atoms in total. The lowest BCUT2D eigenvalue weighted by Gasteiger charge is -2.08. The maximum absolute atomic E-state index is 12.7. The largest absolute Gasteiger partial charge is 0.280 e. The second kappa shape index (κ2) is 7.03. The molecule has 0 fully saturated rings. The van der Waals surface area contributed by atoms with Crippen LogP contribution in [0.25, 0.3) is 20.8 Å². The summed E-state index contributed by atoms with van der Waals surface area (Å²) in [6, 6.07) is 13.5. The van der Waals surface area contributed by atoms with Crippen LogP contribution in [0.2, 0.25) is 0 Å². The second-order valence-corrected chi connectivity index (χ2v) is 9.26. The quantitative estimate of drug-likeness (QED) is 0.520. The Morgan fingerprint density at radius 1 is 1.11 bits per heavy atom. The molecule has 0 saturated heterocycles. The molecule has 144 valence electrons. The summed E-state index contributed by atoms with van der Waals surface area (Å²) in [5.74, 6) is 0. The van der Waals surface area contributed by atoms with Gasteiger partial charge in [0.2, 0.25) is 0 Å². The minimum absolute atomic E-state index is 0.194. The summed E-state index contributed by atoms with van der Waals surface area (Å²) >= 11 is 1.63. The lowest BCUT2D eigenvalue weighted by atomic mass is 10.2. The first kappa shape index (κ1) is 18.6. The van der Waals surface area contributed by atoms with E-state index in [-0.39, 0.29) is 4.90 Å². The number of fused-ring (bicyclic) bond motifs is 1. The van der Waals surface area contributed by atoms with Crippen molar-refractivity contribution in [1.29, 1.82) is 0 Å². The van der Waals surface area contributed by atoms with Gasteiger partial charge in [-0.2, -0.15) is 5.10 Å². The van der Waals surface area contributed by atoms with Gasteiger partial charge < -0.3 is 0 Å². The normalized spacial score (nSPS) is 11.8. The topological polar surface area (TPSA) is 76.9 Å². The van der Waals surface area contributed by atoms with Crippen molar-refractivity contribution in [2.75, 3.05) is 4.72 Å². The van der Waals surface area contributed by atoms with Crippen LogP contribution < -0.4 is 4.72 Å². The molecule has 2 heterocycles. The number of nitrogens with zero attached hydrogens (tertiary/aromatic N) is 3. The lowest BCUT2D eigenvalue weighted by Crippen LogP contribution is -2.14. The van der Waals surface area contributed by atoms with Gasteiger partial charge in [0, 0.05) is 17.8 Å². The molecule has 0 amide bonds. The number of hydrogen-bond donors (Lipinski definition) is 1. The van der Waals surface area contributed by atoms with E-state index in [4.69, 9.17) is 0 Å². The zero-order valence-corrected chi connectivity index (χ0v) is 17.4. The first-order valence-corrected chi connectivity index (χ1v) is 11.2. The average molecular weight is 413 g/mol. The fourth-order valence-electron chi connectivity index (χ4n) is 3.06. The standard InChI is InChI=1S/C20H20N4O2S2/c1-4-24-14(3)19(12-21-24)28(25,26)23-16-8-6-15(7-9-16)20-22-17-10-5-13(2)11-18(17)27-20/h5-12,23H,4H2,1-3H3. The van der Waals surface area contributed by atoms with Gasteiger partial charge in [-0.05, 0) is 62.7 Å². The fourth-order valence-corrected chi connectivity index (χ4v) is 5.36. The minimum Gasteiger partial charge on any atom is -0.280 e. The Hall–Kier alpha value is -2.71. The van der Waals surface area contributed by atoms with Crippen LogP contribution in [0, 0.1) is 13.8 Å². The van der Waals surface area contributed by atoms with Gasteiger partial charge in [0.15, 0.2) is 0 Å². The van der Waals surface area contributed by atoms with Crippen molar-refractivity contribution in [2.45, 2.75) is 32.2 Å². The molecule has 0 spiro atoms. The number of thiazole rings is 1. The Morgan fingerprint density at radius 2 is 1.86 bits per heavy atom. The Labute approximate surface area is 167 Å². The molecule has 0 aliphatic rings. The summed E-state index contributed by atoms with van der Waals surface area (Å²) in [7, 11) is -3.68. The monoisotopic (exact) mass is 412 g/mol. The van der Waals surface area contributed by atoms with Crippen LogP contribution in [0.4, 0.5) is 5.69 Å². The maximum Gasteiger partial charge on any atom is 0.265 e. The second-order valence-electron chi connectivity index (χ2n) is 6.58. The molecule has 4 rings (SSSR count). The molecule has 0 bridgehead atoms. The lowest BCUT2D eigenvalue weighted by molar-refractivity contribution is 0.598. The van der Waals surface area contributed by atoms with Gasteiger partial charge in [-0.15, -0.1) is 11.3 Å². The number of anilines is 1. The maximum atomic E-state index is 12.7.